The molecule has 0 aromatic heterocycles. The van der Waals surface area contributed by atoms with Crippen LogP contribution >= 0.6 is 15.9 Å². The van der Waals surface area contributed by atoms with Crippen LogP contribution in [0.4, 0.5) is 8.78 Å². The predicted octanol–water partition coefficient (Wildman–Crippen LogP) is 3.18. The minimum atomic E-state index is -0.826. The average molecular weight is 318 g/mol. The Labute approximate surface area is 113 Å². The van der Waals surface area contributed by atoms with Gasteiger partial charge < -0.3 is 5.32 Å². The number of nitrogens with one attached hydrogen (secondary N) is 1. The Kier molecular flexibility index (Phi) is 4.00. The first kappa shape index (κ1) is 13.5. The molecule has 1 fully saturated rings. The topological polar surface area (TPSA) is 29.1 Å². The van der Waals surface area contributed by atoms with Gasteiger partial charge in [0.25, 0.3) is 5.91 Å². The summed E-state index contributed by atoms with van der Waals surface area (Å²) < 4.78 is 27.2. The molecule has 0 heterocycles. The first-order chi connectivity index (χ1) is 8.50. The molecule has 2 nitrogen and oxygen atoms in total. The molecule has 0 aliphatic heterocycles. The maximum atomic E-state index is 13.7. The third-order valence-corrected chi connectivity index (χ3v) is 4.17. The Balaban J connectivity index is 2.06. The Hall–Kier alpha value is -0.970. The van der Waals surface area contributed by atoms with Gasteiger partial charge in [-0.1, -0.05) is 22.0 Å². The van der Waals surface area contributed by atoms with Crippen molar-refractivity contribution in [1.29, 1.82) is 0 Å². The number of carbonyl (C=O) groups is 1. The van der Waals surface area contributed by atoms with Gasteiger partial charge in [-0.25, -0.2) is 8.78 Å². The summed E-state index contributed by atoms with van der Waals surface area (Å²) in [4.78, 5) is 12.0. The van der Waals surface area contributed by atoms with Gasteiger partial charge in [-0.15, -0.1) is 0 Å². The van der Waals surface area contributed by atoms with E-state index in [1.165, 1.54) is 13.0 Å². The lowest BCUT2D eigenvalue weighted by molar-refractivity contribution is 0.0945. The molecule has 2 rings (SSSR count). The lowest BCUT2D eigenvalue weighted by atomic mass is 10.1. The Bertz CT molecular complexity index is 474. The zero-order valence-corrected chi connectivity index (χ0v) is 11.6. The number of amides is 1. The highest BCUT2D eigenvalue weighted by Gasteiger charge is 2.30. The predicted molar refractivity (Wildman–Crippen MR) is 68.9 cm³/mol. The van der Waals surface area contributed by atoms with Crippen LogP contribution in [0.2, 0.25) is 0 Å². The standard InChI is InChI=1S/C13H14BrF2NO/c1-7-2-5-10(15)11(12(7)16)13(18)17-6-9(14)8-3-4-8/h2,5,8-9H,3-4,6H2,1H3,(H,17,18). The van der Waals surface area contributed by atoms with E-state index in [4.69, 9.17) is 0 Å². The molecule has 1 atom stereocenters. The first-order valence-corrected chi connectivity index (χ1v) is 6.79. The van der Waals surface area contributed by atoms with Crippen LogP contribution in [0.5, 0.6) is 0 Å². The summed E-state index contributed by atoms with van der Waals surface area (Å²) in [7, 11) is 0. The third kappa shape index (κ3) is 2.88. The second kappa shape index (κ2) is 5.34. The van der Waals surface area contributed by atoms with Crippen molar-refractivity contribution in [3.05, 3.63) is 34.9 Å². The molecule has 1 aromatic rings. The molecule has 1 aliphatic rings. The summed E-state index contributed by atoms with van der Waals surface area (Å²) in [6.07, 6.45) is 2.28. The number of halogens is 3. The van der Waals surface area contributed by atoms with Crippen LogP contribution < -0.4 is 5.32 Å². The van der Waals surface area contributed by atoms with Crippen LogP contribution in [0.25, 0.3) is 0 Å². The summed E-state index contributed by atoms with van der Waals surface area (Å²) in [6, 6.07) is 2.43. The average Bonchev–Trinajstić information content (AvgIpc) is 3.15. The molecule has 1 saturated carbocycles. The van der Waals surface area contributed by atoms with Crippen LogP contribution in [0.1, 0.15) is 28.8 Å². The summed E-state index contributed by atoms with van der Waals surface area (Å²) in [5, 5.41) is 2.56. The van der Waals surface area contributed by atoms with Crippen molar-refractivity contribution in [2.45, 2.75) is 24.6 Å². The lowest BCUT2D eigenvalue weighted by Crippen LogP contribution is -2.31. The van der Waals surface area contributed by atoms with E-state index >= 15 is 0 Å². The molecule has 0 bridgehead atoms. The number of carbonyl (C=O) groups excluding carboxylic acids is 1. The molecule has 1 aliphatic carbocycles. The van der Waals surface area contributed by atoms with E-state index in [9.17, 15) is 13.6 Å². The van der Waals surface area contributed by atoms with E-state index in [1.54, 1.807) is 0 Å². The summed E-state index contributed by atoms with van der Waals surface area (Å²) in [6.45, 7) is 1.89. The van der Waals surface area contributed by atoms with Crippen molar-refractivity contribution >= 4 is 21.8 Å². The quantitative estimate of drug-likeness (QED) is 0.849. The highest BCUT2D eigenvalue weighted by molar-refractivity contribution is 9.09. The van der Waals surface area contributed by atoms with Crippen molar-refractivity contribution in [3.8, 4) is 0 Å². The zero-order valence-electron chi connectivity index (χ0n) is 9.97. The van der Waals surface area contributed by atoms with Gasteiger partial charge >= 0.3 is 0 Å². The largest absolute Gasteiger partial charge is 0.351 e. The Morgan fingerprint density at radius 2 is 2.17 bits per heavy atom. The number of aryl methyl sites for hydroxylation is 1. The normalized spacial score (nSPS) is 16.4. The van der Waals surface area contributed by atoms with E-state index in [-0.39, 0.29) is 10.4 Å². The summed E-state index contributed by atoms with van der Waals surface area (Å²) in [5.41, 5.74) is -0.232. The second-order valence-electron chi connectivity index (χ2n) is 4.62. The maximum absolute atomic E-state index is 13.7. The van der Waals surface area contributed by atoms with E-state index in [0.29, 0.717) is 12.5 Å². The highest BCUT2D eigenvalue weighted by Crippen LogP contribution is 2.36. The van der Waals surface area contributed by atoms with Crippen molar-refractivity contribution in [2.24, 2.45) is 5.92 Å². The van der Waals surface area contributed by atoms with Crippen LogP contribution in [0.15, 0.2) is 12.1 Å². The van der Waals surface area contributed by atoms with Crippen molar-refractivity contribution in [3.63, 3.8) is 0 Å². The fourth-order valence-electron chi connectivity index (χ4n) is 1.77. The molecule has 98 valence electrons. The molecule has 5 heteroatoms. The van der Waals surface area contributed by atoms with E-state index in [2.05, 4.69) is 21.2 Å². The van der Waals surface area contributed by atoms with Gasteiger partial charge in [0.05, 0.1) is 0 Å². The number of benzene rings is 1. The van der Waals surface area contributed by atoms with Gasteiger partial charge in [0, 0.05) is 11.4 Å². The minimum absolute atomic E-state index is 0.178. The van der Waals surface area contributed by atoms with Crippen LogP contribution in [0.3, 0.4) is 0 Å². The Morgan fingerprint density at radius 3 is 2.78 bits per heavy atom. The molecular formula is C13H14BrF2NO. The van der Waals surface area contributed by atoms with Gasteiger partial charge in [0.1, 0.15) is 17.2 Å². The molecule has 0 saturated heterocycles. The Morgan fingerprint density at radius 1 is 1.50 bits per heavy atom. The van der Waals surface area contributed by atoms with Gasteiger partial charge in [0.2, 0.25) is 0 Å². The SMILES string of the molecule is Cc1ccc(F)c(C(=O)NCC(Br)C2CC2)c1F. The van der Waals surface area contributed by atoms with Gasteiger partial charge in [-0.2, -0.15) is 0 Å². The maximum Gasteiger partial charge on any atom is 0.257 e. The molecule has 1 unspecified atom stereocenters. The van der Waals surface area contributed by atoms with Gasteiger partial charge in [-0.05, 0) is 37.3 Å². The second-order valence-corrected chi connectivity index (χ2v) is 5.79. The van der Waals surface area contributed by atoms with E-state index in [0.717, 1.165) is 18.9 Å². The molecule has 0 spiro atoms. The fourth-order valence-corrected chi connectivity index (χ4v) is 2.46. The minimum Gasteiger partial charge on any atom is -0.351 e. The molecular weight excluding hydrogens is 304 g/mol. The molecule has 1 amide bonds. The monoisotopic (exact) mass is 317 g/mol. The van der Waals surface area contributed by atoms with Crippen LogP contribution in [0, 0.1) is 24.5 Å². The number of rotatable bonds is 4. The molecule has 1 N–H and O–H groups in total. The molecule has 1 aromatic carbocycles. The molecule has 0 radical (unpaired) electrons. The highest BCUT2D eigenvalue weighted by atomic mass is 79.9. The number of alkyl halides is 1. The van der Waals surface area contributed by atoms with Crippen molar-refractivity contribution < 1.29 is 13.6 Å². The molecule has 18 heavy (non-hydrogen) atoms. The number of hydrogen-bond donors (Lipinski definition) is 1. The van der Waals surface area contributed by atoms with Crippen LogP contribution in [-0.2, 0) is 0 Å². The first-order valence-electron chi connectivity index (χ1n) is 5.87. The van der Waals surface area contributed by atoms with Gasteiger partial charge in [0.15, 0.2) is 0 Å². The lowest BCUT2D eigenvalue weighted by Gasteiger charge is -2.11. The van der Waals surface area contributed by atoms with E-state index in [1.807, 2.05) is 0 Å². The van der Waals surface area contributed by atoms with Crippen LogP contribution in [-0.4, -0.2) is 17.3 Å². The zero-order chi connectivity index (χ0) is 13.3. The van der Waals surface area contributed by atoms with Crippen molar-refractivity contribution in [2.75, 3.05) is 6.54 Å². The number of hydrogen-bond acceptors (Lipinski definition) is 1. The van der Waals surface area contributed by atoms with Crippen molar-refractivity contribution in [1.82, 2.24) is 5.32 Å². The fraction of sp³-hybridized carbons (Fsp3) is 0.462. The summed E-state index contributed by atoms with van der Waals surface area (Å²) in [5.74, 6) is -1.74. The van der Waals surface area contributed by atoms with Gasteiger partial charge in [-0.3, -0.25) is 4.79 Å². The van der Waals surface area contributed by atoms with E-state index < -0.39 is 23.1 Å². The smallest absolute Gasteiger partial charge is 0.257 e. The third-order valence-electron chi connectivity index (χ3n) is 3.10. The summed E-state index contributed by atoms with van der Waals surface area (Å²) >= 11 is 3.46.